The Kier molecular flexibility index (Phi) is 5.40. The minimum Gasteiger partial charge on any atom is -0.392 e. The van der Waals surface area contributed by atoms with E-state index >= 15 is 0 Å². The average molecular weight is 297 g/mol. The van der Waals surface area contributed by atoms with Crippen LogP contribution in [0.4, 0.5) is 5.69 Å². The van der Waals surface area contributed by atoms with Crippen molar-refractivity contribution in [2.75, 3.05) is 25.0 Å². The molecule has 1 aliphatic rings. The van der Waals surface area contributed by atoms with Gasteiger partial charge in [0.1, 0.15) is 0 Å². The van der Waals surface area contributed by atoms with E-state index in [-0.39, 0.29) is 12.0 Å². The van der Waals surface area contributed by atoms with Crippen molar-refractivity contribution in [1.82, 2.24) is 4.90 Å². The molecule has 2 unspecified atom stereocenters. The molecular formula is C15H21ClN2O2. The van der Waals surface area contributed by atoms with Crippen LogP contribution in [0, 0.1) is 5.92 Å². The summed E-state index contributed by atoms with van der Waals surface area (Å²) in [5.41, 5.74) is 0.717. The summed E-state index contributed by atoms with van der Waals surface area (Å²) in [6, 6.07) is 7.12. The third kappa shape index (κ3) is 4.47. The van der Waals surface area contributed by atoms with Crippen molar-refractivity contribution in [1.29, 1.82) is 0 Å². The van der Waals surface area contributed by atoms with Crippen LogP contribution in [-0.4, -0.2) is 41.7 Å². The van der Waals surface area contributed by atoms with Gasteiger partial charge in [0.2, 0.25) is 5.91 Å². The summed E-state index contributed by atoms with van der Waals surface area (Å²) in [4.78, 5) is 14.0. The molecule has 1 aromatic rings. The molecule has 2 N–H and O–H groups in total. The molecule has 1 fully saturated rings. The van der Waals surface area contributed by atoms with Gasteiger partial charge < -0.3 is 15.3 Å². The van der Waals surface area contributed by atoms with Gasteiger partial charge in [-0.3, -0.25) is 4.79 Å². The SMILES string of the molecule is CC1CCN(CCC(=O)Nc2cccc(Cl)c2)CC1O. The lowest BCUT2D eigenvalue weighted by molar-refractivity contribution is -0.116. The van der Waals surface area contributed by atoms with Gasteiger partial charge in [0.25, 0.3) is 0 Å². The van der Waals surface area contributed by atoms with Gasteiger partial charge in [0.05, 0.1) is 6.10 Å². The first-order valence-corrected chi connectivity index (χ1v) is 7.38. The molecule has 110 valence electrons. The van der Waals surface area contributed by atoms with Gasteiger partial charge in [0, 0.05) is 30.2 Å². The van der Waals surface area contributed by atoms with Gasteiger partial charge in [-0.25, -0.2) is 0 Å². The number of hydrogen-bond acceptors (Lipinski definition) is 3. The second-order valence-electron chi connectivity index (χ2n) is 5.44. The van der Waals surface area contributed by atoms with Crippen LogP contribution in [0.5, 0.6) is 0 Å². The fraction of sp³-hybridized carbons (Fsp3) is 0.533. The first-order valence-electron chi connectivity index (χ1n) is 7.00. The van der Waals surface area contributed by atoms with Gasteiger partial charge >= 0.3 is 0 Å². The predicted molar refractivity (Wildman–Crippen MR) is 80.9 cm³/mol. The average Bonchev–Trinajstić information content (AvgIpc) is 2.40. The van der Waals surface area contributed by atoms with Crippen LogP contribution < -0.4 is 5.32 Å². The summed E-state index contributed by atoms with van der Waals surface area (Å²) < 4.78 is 0. The van der Waals surface area contributed by atoms with E-state index in [0.717, 1.165) is 18.7 Å². The van der Waals surface area contributed by atoms with E-state index in [1.165, 1.54) is 0 Å². The number of amides is 1. The molecule has 1 aliphatic heterocycles. The fourth-order valence-electron chi connectivity index (χ4n) is 2.37. The Morgan fingerprint density at radius 3 is 3.05 bits per heavy atom. The summed E-state index contributed by atoms with van der Waals surface area (Å²) in [7, 11) is 0. The zero-order valence-corrected chi connectivity index (χ0v) is 12.4. The molecule has 0 radical (unpaired) electrons. The minimum absolute atomic E-state index is 0.0274. The summed E-state index contributed by atoms with van der Waals surface area (Å²) in [5, 5.41) is 13.3. The van der Waals surface area contributed by atoms with Crippen LogP contribution in [0.15, 0.2) is 24.3 Å². The Morgan fingerprint density at radius 2 is 2.35 bits per heavy atom. The molecule has 0 aliphatic carbocycles. The number of rotatable bonds is 4. The molecule has 20 heavy (non-hydrogen) atoms. The highest BCUT2D eigenvalue weighted by molar-refractivity contribution is 6.30. The van der Waals surface area contributed by atoms with Gasteiger partial charge in [0.15, 0.2) is 0 Å². The van der Waals surface area contributed by atoms with Gasteiger partial charge in [-0.05, 0) is 37.1 Å². The summed E-state index contributed by atoms with van der Waals surface area (Å²) >= 11 is 5.87. The van der Waals surface area contributed by atoms with Crippen LogP contribution in [0.3, 0.4) is 0 Å². The summed E-state index contributed by atoms with van der Waals surface area (Å²) in [6.07, 6.45) is 1.13. The Balaban J connectivity index is 1.75. The number of aliphatic hydroxyl groups excluding tert-OH is 1. The van der Waals surface area contributed by atoms with Crippen molar-refractivity contribution >= 4 is 23.2 Å². The molecule has 5 heteroatoms. The zero-order valence-electron chi connectivity index (χ0n) is 11.7. The van der Waals surface area contributed by atoms with E-state index in [0.29, 0.717) is 30.5 Å². The molecule has 0 spiro atoms. The van der Waals surface area contributed by atoms with Crippen molar-refractivity contribution in [3.63, 3.8) is 0 Å². The third-order valence-electron chi connectivity index (χ3n) is 3.77. The number of nitrogens with one attached hydrogen (secondary N) is 1. The number of benzene rings is 1. The number of likely N-dealkylation sites (tertiary alicyclic amines) is 1. The molecule has 1 aromatic carbocycles. The Hall–Kier alpha value is -1.10. The Morgan fingerprint density at radius 1 is 1.55 bits per heavy atom. The number of hydrogen-bond donors (Lipinski definition) is 2. The maximum Gasteiger partial charge on any atom is 0.225 e. The van der Waals surface area contributed by atoms with Crippen molar-refractivity contribution < 1.29 is 9.90 Å². The van der Waals surface area contributed by atoms with Crippen LogP contribution in [0.25, 0.3) is 0 Å². The third-order valence-corrected chi connectivity index (χ3v) is 4.00. The van der Waals surface area contributed by atoms with Gasteiger partial charge in [-0.2, -0.15) is 0 Å². The van der Waals surface area contributed by atoms with Gasteiger partial charge in [-0.15, -0.1) is 0 Å². The molecular weight excluding hydrogens is 276 g/mol. The summed E-state index contributed by atoms with van der Waals surface area (Å²) in [5.74, 6) is 0.326. The largest absolute Gasteiger partial charge is 0.392 e. The van der Waals surface area contributed by atoms with Gasteiger partial charge in [-0.1, -0.05) is 24.6 Å². The first kappa shape index (κ1) is 15.3. The number of aliphatic hydroxyl groups is 1. The molecule has 1 saturated heterocycles. The molecule has 0 saturated carbocycles. The number of carbonyl (C=O) groups excluding carboxylic acids is 1. The number of anilines is 1. The minimum atomic E-state index is -0.278. The number of halogens is 1. The van der Waals surface area contributed by atoms with Crippen LogP contribution in [-0.2, 0) is 4.79 Å². The molecule has 1 amide bonds. The van der Waals surface area contributed by atoms with E-state index in [1.807, 2.05) is 6.07 Å². The standard InChI is InChI=1S/C15H21ClN2O2/c1-11-5-7-18(10-14(11)19)8-6-15(20)17-13-4-2-3-12(16)9-13/h2-4,9,11,14,19H,5-8,10H2,1H3,(H,17,20). The quantitative estimate of drug-likeness (QED) is 0.897. The van der Waals surface area contributed by atoms with Crippen molar-refractivity contribution in [2.45, 2.75) is 25.9 Å². The summed E-state index contributed by atoms with van der Waals surface area (Å²) in [6.45, 7) is 4.35. The number of β-amino-alcohol motifs (C(OH)–C–C–N with tert-alkyl or cyclic N) is 1. The normalized spacial score (nSPS) is 23.6. The molecule has 4 nitrogen and oxygen atoms in total. The van der Waals surface area contributed by atoms with Crippen molar-refractivity contribution in [3.8, 4) is 0 Å². The second kappa shape index (κ2) is 7.07. The smallest absolute Gasteiger partial charge is 0.225 e. The van der Waals surface area contributed by atoms with Crippen LogP contribution in [0.1, 0.15) is 19.8 Å². The Labute approximate surface area is 124 Å². The highest BCUT2D eigenvalue weighted by Crippen LogP contribution is 2.18. The highest BCUT2D eigenvalue weighted by atomic mass is 35.5. The monoisotopic (exact) mass is 296 g/mol. The molecule has 1 heterocycles. The lowest BCUT2D eigenvalue weighted by Crippen LogP contribution is -2.43. The molecule has 0 aromatic heterocycles. The van der Waals surface area contributed by atoms with Crippen LogP contribution in [0.2, 0.25) is 5.02 Å². The molecule has 2 rings (SSSR count). The maximum absolute atomic E-state index is 11.9. The predicted octanol–water partition coefficient (Wildman–Crippen LogP) is 2.37. The zero-order chi connectivity index (χ0) is 14.5. The lowest BCUT2D eigenvalue weighted by Gasteiger charge is -2.34. The topological polar surface area (TPSA) is 52.6 Å². The fourth-order valence-corrected chi connectivity index (χ4v) is 2.56. The van der Waals surface area contributed by atoms with E-state index in [2.05, 4.69) is 17.1 Å². The van der Waals surface area contributed by atoms with Crippen molar-refractivity contribution in [2.24, 2.45) is 5.92 Å². The molecule has 0 bridgehead atoms. The van der Waals surface area contributed by atoms with Crippen molar-refractivity contribution in [3.05, 3.63) is 29.3 Å². The number of nitrogens with zero attached hydrogens (tertiary/aromatic N) is 1. The number of piperidine rings is 1. The second-order valence-corrected chi connectivity index (χ2v) is 5.88. The maximum atomic E-state index is 11.9. The van der Waals surface area contributed by atoms with Crippen LogP contribution >= 0.6 is 11.6 Å². The van der Waals surface area contributed by atoms with E-state index in [4.69, 9.17) is 11.6 Å². The van der Waals surface area contributed by atoms with E-state index < -0.39 is 0 Å². The van der Waals surface area contributed by atoms with E-state index in [1.54, 1.807) is 18.2 Å². The first-order chi connectivity index (χ1) is 9.54. The lowest BCUT2D eigenvalue weighted by atomic mass is 9.96. The molecule has 2 atom stereocenters. The number of carbonyl (C=O) groups is 1. The highest BCUT2D eigenvalue weighted by Gasteiger charge is 2.24. The van der Waals surface area contributed by atoms with E-state index in [9.17, 15) is 9.90 Å². The Bertz CT molecular complexity index is 467.